The van der Waals surface area contributed by atoms with Crippen LogP contribution in [0.5, 0.6) is 5.75 Å². The lowest BCUT2D eigenvalue weighted by atomic mass is 10.2. The second-order valence-electron chi connectivity index (χ2n) is 3.52. The molecule has 0 amide bonds. The number of hydrogen-bond donors (Lipinski definition) is 1. The zero-order chi connectivity index (χ0) is 11.5. The van der Waals surface area contributed by atoms with Crippen molar-refractivity contribution in [3.8, 4) is 5.75 Å². The topological polar surface area (TPSA) is 35.2 Å². The molecule has 2 nitrogen and oxygen atoms in total. The van der Waals surface area contributed by atoms with Crippen LogP contribution in [0.15, 0.2) is 34.1 Å². The number of thiophene rings is 1. The minimum absolute atomic E-state index is 0.548. The zero-order valence-electron chi connectivity index (χ0n) is 8.87. The molecule has 0 radical (unpaired) electrons. The molecule has 4 heteroatoms. The van der Waals surface area contributed by atoms with Crippen LogP contribution >= 0.6 is 27.3 Å². The minimum atomic E-state index is 0.548. The summed E-state index contributed by atoms with van der Waals surface area (Å²) in [5.41, 5.74) is 7.66. The first-order valence-electron chi connectivity index (χ1n) is 4.87. The van der Waals surface area contributed by atoms with Crippen LogP contribution in [-0.4, -0.2) is 0 Å². The van der Waals surface area contributed by atoms with E-state index >= 15 is 0 Å². The Labute approximate surface area is 107 Å². The maximum atomic E-state index is 5.83. The largest absolute Gasteiger partial charge is 0.486 e. The van der Waals surface area contributed by atoms with Crippen LogP contribution in [0.1, 0.15) is 10.4 Å². The SMILES string of the molecule is Cc1ccc(N)c(OCc2sccc2Br)c1. The van der Waals surface area contributed by atoms with Crippen LogP contribution in [-0.2, 0) is 6.61 Å². The van der Waals surface area contributed by atoms with Crippen LogP contribution in [0.2, 0.25) is 0 Å². The third-order valence-corrected chi connectivity index (χ3v) is 4.12. The molecule has 0 unspecified atom stereocenters. The Hall–Kier alpha value is -1.00. The predicted molar refractivity (Wildman–Crippen MR) is 71.9 cm³/mol. The molecule has 16 heavy (non-hydrogen) atoms. The molecule has 0 saturated carbocycles. The third-order valence-electron chi connectivity index (χ3n) is 2.22. The quantitative estimate of drug-likeness (QED) is 0.870. The van der Waals surface area contributed by atoms with Gasteiger partial charge in [-0.25, -0.2) is 0 Å². The average molecular weight is 298 g/mol. The van der Waals surface area contributed by atoms with E-state index in [2.05, 4.69) is 15.9 Å². The number of halogens is 1. The summed E-state index contributed by atoms with van der Waals surface area (Å²) in [4.78, 5) is 1.17. The van der Waals surface area contributed by atoms with Gasteiger partial charge < -0.3 is 10.5 Å². The fraction of sp³-hybridized carbons (Fsp3) is 0.167. The van der Waals surface area contributed by atoms with Crippen molar-refractivity contribution in [2.75, 3.05) is 5.73 Å². The van der Waals surface area contributed by atoms with E-state index in [4.69, 9.17) is 10.5 Å². The predicted octanol–water partition coefficient (Wildman–Crippen LogP) is 3.98. The molecule has 0 spiro atoms. The molecule has 0 aliphatic rings. The Kier molecular flexibility index (Phi) is 3.51. The average Bonchev–Trinajstić information content (AvgIpc) is 2.66. The number of ether oxygens (including phenoxy) is 1. The maximum Gasteiger partial charge on any atom is 0.142 e. The number of anilines is 1. The lowest BCUT2D eigenvalue weighted by Gasteiger charge is -2.08. The van der Waals surface area contributed by atoms with Gasteiger partial charge in [-0.15, -0.1) is 11.3 Å². The Morgan fingerprint density at radius 1 is 1.38 bits per heavy atom. The standard InChI is InChI=1S/C12H12BrNOS/c1-8-2-3-10(14)11(6-8)15-7-12-9(13)4-5-16-12/h2-6H,7,14H2,1H3. The van der Waals surface area contributed by atoms with E-state index in [1.807, 2.05) is 36.6 Å². The molecule has 2 N–H and O–H groups in total. The Bertz CT molecular complexity index is 496. The van der Waals surface area contributed by atoms with Crippen molar-refractivity contribution in [1.29, 1.82) is 0 Å². The highest BCUT2D eigenvalue weighted by Crippen LogP contribution is 2.27. The molecule has 1 aromatic carbocycles. The Morgan fingerprint density at radius 3 is 2.88 bits per heavy atom. The molecule has 2 aromatic rings. The summed E-state index contributed by atoms with van der Waals surface area (Å²) in [5, 5.41) is 2.03. The lowest BCUT2D eigenvalue weighted by Crippen LogP contribution is -1.98. The molecule has 84 valence electrons. The van der Waals surface area contributed by atoms with Crippen LogP contribution in [0.4, 0.5) is 5.69 Å². The molecule has 0 atom stereocenters. The summed E-state index contributed by atoms with van der Waals surface area (Å²) in [6, 6.07) is 7.82. The van der Waals surface area contributed by atoms with Gasteiger partial charge in [-0.2, -0.15) is 0 Å². The molecule has 1 aromatic heterocycles. The highest BCUT2D eigenvalue weighted by molar-refractivity contribution is 9.10. The second kappa shape index (κ2) is 4.89. The van der Waals surface area contributed by atoms with Crippen LogP contribution in [0, 0.1) is 6.92 Å². The summed E-state index contributed by atoms with van der Waals surface area (Å²) in [7, 11) is 0. The smallest absolute Gasteiger partial charge is 0.142 e. The van der Waals surface area contributed by atoms with E-state index in [1.165, 1.54) is 4.88 Å². The fourth-order valence-corrected chi connectivity index (χ4v) is 2.72. The molecular weight excluding hydrogens is 286 g/mol. The summed E-state index contributed by atoms with van der Waals surface area (Å²) < 4.78 is 6.79. The molecule has 0 aliphatic heterocycles. The number of nitrogen functional groups attached to an aromatic ring is 1. The maximum absolute atomic E-state index is 5.83. The van der Waals surface area contributed by atoms with E-state index in [0.29, 0.717) is 12.3 Å². The van der Waals surface area contributed by atoms with Crippen molar-refractivity contribution in [1.82, 2.24) is 0 Å². The van der Waals surface area contributed by atoms with Gasteiger partial charge in [0.15, 0.2) is 0 Å². The number of benzene rings is 1. The van der Waals surface area contributed by atoms with Gasteiger partial charge in [-0.1, -0.05) is 6.07 Å². The molecule has 0 fully saturated rings. The highest BCUT2D eigenvalue weighted by Gasteiger charge is 2.04. The van der Waals surface area contributed by atoms with Crippen molar-refractivity contribution >= 4 is 33.0 Å². The van der Waals surface area contributed by atoms with Gasteiger partial charge in [0, 0.05) is 4.47 Å². The number of nitrogens with two attached hydrogens (primary N) is 1. The van der Waals surface area contributed by atoms with Gasteiger partial charge in [0.1, 0.15) is 12.4 Å². The Morgan fingerprint density at radius 2 is 2.19 bits per heavy atom. The van der Waals surface area contributed by atoms with Gasteiger partial charge in [0.2, 0.25) is 0 Å². The van der Waals surface area contributed by atoms with E-state index in [0.717, 1.165) is 15.8 Å². The van der Waals surface area contributed by atoms with Crippen LogP contribution in [0.25, 0.3) is 0 Å². The van der Waals surface area contributed by atoms with Crippen molar-refractivity contribution in [3.63, 3.8) is 0 Å². The monoisotopic (exact) mass is 297 g/mol. The Balaban J connectivity index is 2.10. The van der Waals surface area contributed by atoms with Gasteiger partial charge in [-0.05, 0) is 52.0 Å². The van der Waals surface area contributed by atoms with Gasteiger partial charge in [0.05, 0.1) is 10.6 Å². The summed E-state index contributed by atoms with van der Waals surface area (Å²) >= 11 is 5.14. The highest BCUT2D eigenvalue weighted by atomic mass is 79.9. The summed E-state index contributed by atoms with van der Waals surface area (Å²) in [6.45, 7) is 2.57. The van der Waals surface area contributed by atoms with Crippen molar-refractivity contribution in [2.24, 2.45) is 0 Å². The molecule has 0 aliphatic carbocycles. The molecule has 1 heterocycles. The van der Waals surface area contributed by atoms with E-state index in [9.17, 15) is 0 Å². The number of aryl methyl sites for hydroxylation is 1. The summed E-state index contributed by atoms with van der Waals surface area (Å²) in [5.74, 6) is 0.750. The zero-order valence-corrected chi connectivity index (χ0v) is 11.3. The molecule has 2 rings (SSSR count). The van der Waals surface area contributed by atoms with Gasteiger partial charge in [-0.3, -0.25) is 0 Å². The molecule has 0 bridgehead atoms. The van der Waals surface area contributed by atoms with Gasteiger partial charge >= 0.3 is 0 Å². The first-order valence-corrected chi connectivity index (χ1v) is 6.55. The minimum Gasteiger partial charge on any atom is -0.486 e. The van der Waals surface area contributed by atoms with Gasteiger partial charge in [0.25, 0.3) is 0 Å². The first kappa shape index (κ1) is 11.5. The van der Waals surface area contributed by atoms with E-state index in [1.54, 1.807) is 11.3 Å². The van der Waals surface area contributed by atoms with Crippen LogP contribution in [0.3, 0.4) is 0 Å². The number of hydrogen-bond acceptors (Lipinski definition) is 3. The summed E-state index contributed by atoms with van der Waals surface area (Å²) in [6.07, 6.45) is 0. The van der Waals surface area contributed by atoms with Crippen LogP contribution < -0.4 is 10.5 Å². The van der Waals surface area contributed by atoms with Crippen molar-refractivity contribution in [3.05, 3.63) is 44.6 Å². The van der Waals surface area contributed by atoms with Crippen molar-refractivity contribution in [2.45, 2.75) is 13.5 Å². The first-order chi connectivity index (χ1) is 7.66. The van der Waals surface area contributed by atoms with Crippen molar-refractivity contribution < 1.29 is 4.74 Å². The molecular formula is C12H12BrNOS. The lowest BCUT2D eigenvalue weighted by molar-refractivity contribution is 0.310. The van der Waals surface area contributed by atoms with E-state index in [-0.39, 0.29) is 0 Å². The fourth-order valence-electron chi connectivity index (χ4n) is 1.34. The second-order valence-corrected chi connectivity index (χ2v) is 5.38. The van der Waals surface area contributed by atoms with E-state index < -0.39 is 0 Å². The normalized spacial score (nSPS) is 10.4. The number of rotatable bonds is 3. The molecule has 0 saturated heterocycles. The third kappa shape index (κ3) is 2.57.